The standard InChI is InChI=1S/C16H19ClF2N4.HI/c1-20-16(21-8-11-6-13(18)4-5-15(11)19)23(3)10-14-7-12(17)9-22(14)2;/h4-7,9H,8,10H2,1-3H3,(H,20,21);1H. The van der Waals surface area contributed by atoms with Crippen molar-refractivity contribution in [1.82, 2.24) is 14.8 Å². The molecule has 0 amide bonds. The van der Waals surface area contributed by atoms with E-state index in [9.17, 15) is 8.78 Å². The first-order valence-electron chi connectivity index (χ1n) is 7.07. The van der Waals surface area contributed by atoms with Crippen molar-refractivity contribution in [2.75, 3.05) is 14.1 Å². The Kier molecular flexibility index (Phi) is 7.95. The van der Waals surface area contributed by atoms with Crippen molar-refractivity contribution in [3.8, 4) is 0 Å². The molecule has 0 bridgehead atoms. The zero-order chi connectivity index (χ0) is 17.0. The molecule has 0 aliphatic rings. The van der Waals surface area contributed by atoms with Crippen LogP contribution < -0.4 is 5.32 Å². The van der Waals surface area contributed by atoms with E-state index in [4.69, 9.17) is 11.6 Å². The summed E-state index contributed by atoms with van der Waals surface area (Å²) in [5.74, 6) is -0.345. The highest BCUT2D eigenvalue weighted by Gasteiger charge is 2.11. The monoisotopic (exact) mass is 468 g/mol. The summed E-state index contributed by atoms with van der Waals surface area (Å²) >= 11 is 5.97. The molecule has 2 rings (SSSR count). The molecule has 1 N–H and O–H groups in total. The highest BCUT2D eigenvalue weighted by Crippen LogP contribution is 2.14. The highest BCUT2D eigenvalue weighted by atomic mass is 127. The molecule has 1 aromatic heterocycles. The van der Waals surface area contributed by atoms with Crippen LogP contribution in [0.5, 0.6) is 0 Å². The zero-order valence-electron chi connectivity index (χ0n) is 13.7. The third-order valence-corrected chi connectivity index (χ3v) is 3.70. The minimum Gasteiger partial charge on any atom is -0.352 e. The van der Waals surface area contributed by atoms with Gasteiger partial charge in [0.15, 0.2) is 5.96 Å². The predicted molar refractivity (Wildman–Crippen MR) is 104 cm³/mol. The summed E-state index contributed by atoms with van der Waals surface area (Å²) in [7, 11) is 5.41. The van der Waals surface area contributed by atoms with E-state index in [0.717, 1.165) is 17.8 Å². The van der Waals surface area contributed by atoms with Crippen LogP contribution in [0.2, 0.25) is 5.02 Å². The summed E-state index contributed by atoms with van der Waals surface area (Å²) in [6, 6.07) is 5.26. The molecule has 132 valence electrons. The summed E-state index contributed by atoms with van der Waals surface area (Å²) in [5.41, 5.74) is 1.26. The molecule has 0 saturated carbocycles. The summed E-state index contributed by atoms with van der Waals surface area (Å²) in [4.78, 5) is 6.04. The fraction of sp³-hybridized carbons (Fsp3) is 0.312. The van der Waals surface area contributed by atoms with Gasteiger partial charge in [0.25, 0.3) is 0 Å². The maximum absolute atomic E-state index is 13.6. The second kappa shape index (κ2) is 9.22. The zero-order valence-corrected chi connectivity index (χ0v) is 16.8. The lowest BCUT2D eigenvalue weighted by Gasteiger charge is -2.22. The summed E-state index contributed by atoms with van der Waals surface area (Å²) in [6.07, 6.45) is 1.82. The SMILES string of the molecule is CN=C(NCc1cc(F)ccc1F)N(C)Cc1cc(Cl)cn1C.I. The number of nitrogens with zero attached hydrogens (tertiary/aromatic N) is 3. The first-order valence-corrected chi connectivity index (χ1v) is 7.45. The minimum atomic E-state index is -0.468. The molecule has 8 heteroatoms. The Balaban J connectivity index is 0.00000288. The average Bonchev–Trinajstić information content (AvgIpc) is 2.81. The van der Waals surface area contributed by atoms with Gasteiger partial charge in [0.2, 0.25) is 0 Å². The number of hydrogen-bond acceptors (Lipinski definition) is 1. The molecule has 0 spiro atoms. The van der Waals surface area contributed by atoms with E-state index in [1.54, 1.807) is 7.05 Å². The number of aryl methyl sites for hydroxylation is 1. The Hall–Kier alpha value is -1.35. The van der Waals surface area contributed by atoms with E-state index in [2.05, 4.69) is 10.3 Å². The van der Waals surface area contributed by atoms with Gasteiger partial charge < -0.3 is 14.8 Å². The van der Waals surface area contributed by atoms with Gasteiger partial charge in [0, 0.05) is 45.1 Å². The van der Waals surface area contributed by atoms with Gasteiger partial charge in [-0.1, -0.05) is 11.6 Å². The van der Waals surface area contributed by atoms with Crippen LogP contribution >= 0.6 is 35.6 Å². The van der Waals surface area contributed by atoms with Crippen LogP contribution in [0, 0.1) is 11.6 Å². The van der Waals surface area contributed by atoms with Gasteiger partial charge in [-0.3, -0.25) is 4.99 Å². The summed E-state index contributed by atoms with van der Waals surface area (Å²) < 4.78 is 28.8. The first kappa shape index (κ1) is 20.7. The first-order chi connectivity index (χ1) is 10.9. The number of aliphatic imine (C=N–C) groups is 1. The molecule has 1 aromatic carbocycles. The van der Waals surface area contributed by atoms with Gasteiger partial charge >= 0.3 is 0 Å². The highest BCUT2D eigenvalue weighted by molar-refractivity contribution is 14.0. The third kappa shape index (κ3) is 5.34. The Morgan fingerprint density at radius 3 is 2.62 bits per heavy atom. The van der Waals surface area contributed by atoms with Crippen LogP contribution in [-0.4, -0.2) is 29.5 Å². The third-order valence-electron chi connectivity index (χ3n) is 3.49. The molecule has 0 aliphatic carbocycles. The van der Waals surface area contributed by atoms with Crippen molar-refractivity contribution in [3.63, 3.8) is 0 Å². The van der Waals surface area contributed by atoms with E-state index in [0.29, 0.717) is 17.5 Å². The fourth-order valence-electron chi connectivity index (χ4n) is 2.28. The molecule has 0 fully saturated rings. The minimum absolute atomic E-state index is 0. The second-order valence-corrected chi connectivity index (χ2v) is 5.69. The Morgan fingerprint density at radius 2 is 2.04 bits per heavy atom. The lowest BCUT2D eigenvalue weighted by Crippen LogP contribution is -2.38. The van der Waals surface area contributed by atoms with Crippen molar-refractivity contribution >= 4 is 41.5 Å². The van der Waals surface area contributed by atoms with Crippen molar-refractivity contribution in [1.29, 1.82) is 0 Å². The molecule has 2 aromatic rings. The van der Waals surface area contributed by atoms with Gasteiger partial charge in [-0.25, -0.2) is 8.78 Å². The van der Waals surface area contributed by atoms with Crippen LogP contribution in [0.3, 0.4) is 0 Å². The molecule has 0 radical (unpaired) electrons. The van der Waals surface area contributed by atoms with Crippen LogP contribution in [0.4, 0.5) is 8.78 Å². The smallest absolute Gasteiger partial charge is 0.194 e. The quantitative estimate of drug-likeness (QED) is 0.421. The molecule has 1 heterocycles. The molecule has 0 atom stereocenters. The van der Waals surface area contributed by atoms with Crippen LogP contribution in [0.1, 0.15) is 11.3 Å². The number of rotatable bonds is 4. The van der Waals surface area contributed by atoms with Crippen molar-refractivity contribution in [2.45, 2.75) is 13.1 Å². The van der Waals surface area contributed by atoms with Crippen LogP contribution in [0.25, 0.3) is 0 Å². The van der Waals surface area contributed by atoms with Gasteiger partial charge in [-0.15, -0.1) is 24.0 Å². The Labute approximate surface area is 162 Å². The average molecular weight is 469 g/mol. The number of guanidine groups is 1. The molecule has 4 nitrogen and oxygen atoms in total. The number of aromatic nitrogens is 1. The molecule has 0 saturated heterocycles. The Bertz CT molecular complexity index is 718. The fourth-order valence-corrected chi connectivity index (χ4v) is 2.55. The van der Waals surface area contributed by atoms with E-state index in [1.165, 1.54) is 6.07 Å². The maximum atomic E-state index is 13.6. The van der Waals surface area contributed by atoms with Crippen molar-refractivity contribution in [3.05, 3.63) is 58.4 Å². The number of benzene rings is 1. The van der Waals surface area contributed by atoms with Crippen LogP contribution in [0.15, 0.2) is 35.5 Å². The largest absolute Gasteiger partial charge is 0.352 e. The van der Waals surface area contributed by atoms with Gasteiger partial charge in [-0.2, -0.15) is 0 Å². The summed E-state index contributed by atoms with van der Waals surface area (Å²) in [5, 5.41) is 3.69. The second-order valence-electron chi connectivity index (χ2n) is 5.25. The molecular formula is C16H20ClF2IN4. The number of halogens is 4. The topological polar surface area (TPSA) is 32.6 Å². The Morgan fingerprint density at radius 1 is 1.33 bits per heavy atom. The maximum Gasteiger partial charge on any atom is 0.194 e. The summed E-state index contributed by atoms with van der Waals surface area (Å²) in [6.45, 7) is 0.725. The lowest BCUT2D eigenvalue weighted by atomic mass is 10.2. The van der Waals surface area contributed by atoms with E-state index in [1.807, 2.05) is 35.8 Å². The predicted octanol–water partition coefficient (Wildman–Crippen LogP) is 3.78. The number of hydrogen-bond donors (Lipinski definition) is 1. The molecule has 0 unspecified atom stereocenters. The normalized spacial score (nSPS) is 11.2. The van der Waals surface area contributed by atoms with E-state index in [-0.39, 0.29) is 36.1 Å². The lowest BCUT2D eigenvalue weighted by molar-refractivity contribution is 0.460. The molecule has 0 aliphatic heterocycles. The van der Waals surface area contributed by atoms with Gasteiger partial charge in [0.1, 0.15) is 11.6 Å². The van der Waals surface area contributed by atoms with Crippen molar-refractivity contribution < 1.29 is 8.78 Å². The van der Waals surface area contributed by atoms with Crippen molar-refractivity contribution in [2.24, 2.45) is 12.0 Å². The van der Waals surface area contributed by atoms with Gasteiger partial charge in [-0.05, 0) is 24.3 Å². The van der Waals surface area contributed by atoms with E-state index < -0.39 is 11.6 Å². The van der Waals surface area contributed by atoms with Gasteiger partial charge in [0.05, 0.1) is 11.6 Å². The van der Waals surface area contributed by atoms with E-state index >= 15 is 0 Å². The van der Waals surface area contributed by atoms with Crippen LogP contribution in [-0.2, 0) is 20.1 Å². The number of nitrogens with one attached hydrogen (secondary N) is 1. The molecule has 24 heavy (non-hydrogen) atoms. The molecular weight excluding hydrogens is 449 g/mol.